The van der Waals surface area contributed by atoms with E-state index in [9.17, 15) is 4.79 Å². The zero-order chi connectivity index (χ0) is 14.4. The van der Waals surface area contributed by atoms with E-state index in [0.717, 1.165) is 17.7 Å². The number of nitrogens with two attached hydrogens (primary N) is 1. The van der Waals surface area contributed by atoms with Crippen molar-refractivity contribution >= 4 is 11.6 Å². The van der Waals surface area contributed by atoms with Gasteiger partial charge in [0.1, 0.15) is 0 Å². The van der Waals surface area contributed by atoms with Gasteiger partial charge in [0.05, 0.1) is 0 Å². The van der Waals surface area contributed by atoms with Gasteiger partial charge in [0.15, 0.2) is 0 Å². The molecule has 19 heavy (non-hydrogen) atoms. The first-order valence-electron chi connectivity index (χ1n) is 7.03. The lowest BCUT2D eigenvalue weighted by atomic mass is 9.97. The van der Waals surface area contributed by atoms with E-state index in [4.69, 9.17) is 5.73 Å². The molecule has 0 aliphatic carbocycles. The predicted molar refractivity (Wildman–Crippen MR) is 80.9 cm³/mol. The standard InChI is InChI=1S/C16H26N2O/c1-11(2)9-13(4)18-16(19)10-12(3)14-5-7-15(17)8-6-14/h5-8,11-13H,9-10,17H2,1-4H3,(H,18,19). The minimum atomic E-state index is 0.123. The topological polar surface area (TPSA) is 55.1 Å². The number of hydrogen-bond acceptors (Lipinski definition) is 2. The molecule has 0 saturated heterocycles. The Morgan fingerprint density at radius 1 is 1.16 bits per heavy atom. The Balaban J connectivity index is 2.45. The molecule has 2 atom stereocenters. The van der Waals surface area contributed by atoms with Crippen molar-refractivity contribution in [1.82, 2.24) is 5.32 Å². The van der Waals surface area contributed by atoms with Crippen LogP contribution in [0, 0.1) is 5.92 Å². The normalized spacial score (nSPS) is 14.2. The number of carbonyl (C=O) groups is 1. The molecule has 0 aromatic heterocycles. The third-order valence-electron chi connectivity index (χ3n) is 3.23. The maximum Gasteiger partial charge on any atom is 0.220 e. The van der Waals surface area contributed by atoms with Gasteiger partial charge in [-0.25, -0.2) is 0 Å². The lowest BCUT2D eigenvalue weighted by Crippen LogP contribution is -2.34. The van der Waals surface area contributed by atoms with Crippen LogP contribution in [0.3, 0.4) is 0 Å². The quantitative estimate of drug-likeness (QED) is 0.773. The minimum Gasteiger partial charge on any atom is -0.399 e. The zero-order valence-corrected chi connectivity index (χ0v) is 12.4. The van der Waals surface area contributed by atoms with Crippen LogP contribution in [0.4, 0.5) is 5.69 Å². The van der Waals surface area contributed by atoms with E-state index in [-0.39, 0.29) is 17.9 Å². The van der Waals surface area contributed by atoms with E-state index in [0.29, 0.717) is 12.3 Å². The van der Waals surface area contributed by atoms with E-state index < -0.39 is 0 Å². The average molecular weight is 262 g/mol. The van der Waals surface area contributed by atoms with Gasteiger partial charge in [-0.3, -0.25) is 4.79 Å². The van der Waals surface area contributed by atoms with Crippen LogP contribution in [0.2, 0.25) is 0 Å². The Labute approximate surface area is 116 Å². The average Bonchev–Trinajstić information content (AvgIpc) is 2.27. The molecule has 0 heterocycles. The summed E-state index contributed by atoms with van der Waals surface area (Å²) < 4.78 is 0. The summed E-state index contributed by atoms with van der Waals surface area (Å²) in [7, 11) is 0. The van der Waals surface area contributed by atoms with Gasteiger partial charge in [-0.15, -0.1) is 0 Å². The molecule has 1 aromatic rings. The second-order valence-corrected chi connectivity index (χ2v) is 5.87. The summed E-state index contributed by atoms with van der Waals surface area (Å²) >= 11 is 0. The summed E-state index contributed by atoms with van der Waals surface area (Å²) in [6, 6.07) is 7.98. The number of amides is 1. The number of rotatable bonds is 6. The van der Waals surface area contributed by atoms with Gasteiger partial charge in [0.2, 0.25) is 5.91 Å². The summed E-state index contributed by atoms with van der Waals surface area (Å²) in [6.45, 7) is 8.46. The van der Waals surface area contributed by atoms with Crippen molar-refractivity contribution < 1.29 is 4.79 Å². The van der Waals surface area contributed by atoms with Crippen LogP contribution in [0.15, 0.2) is 24.3 Å². The van der Waals surface area contributed by atoms with Crippen molar-refractivity contribution in [3.8, 4) is 0 Å². The van der Waals surface area contributed by atoms with Crippen LogP contribution in [-0.2, 0) is 4.79 Å². The van der Waals surface area contributed by atoms with Crippen molar-refractivity contribution in [2.24, 2.45) is 5.92 Å². The highest BCUT2D eigenvalue weighted by Gasteiger charge is 2.13. The van der Waals surface area contributed by atoms with Crippen molar-refractivity contribution in [2.45, 2.75) is 52.5 Å². The molecule has 0 bridgehead atoms. The molecule has 3 heteroatoms. The largest absolute Gasteiger partial charge is 0.399 e. The minimum absolute atomic E-state index is 0.123. The van der Waals surface area contributed by atoms with Crippen molar-refractivity contribution in [2.75, 3.05) is 5.73 Å². The molecule has 3 nitrogen and oxygen atoms in total. The summed E-state index contributed by atoms with van der Waals surface area (Å²) in [6.07, 6.45) is 1.54. The van der Waals surface area contributed by atoms with Crippen molar-refractivity contribution in [3.63, 3.8) is 0 Å². The molecule has 0 aliphatic rings. The Morgan fingerprint density at radius 3 is 2.26 bits per heavy atom. The fourth-order valence-corrected chi connectivity index (χ4v) is 2.32. The van der Waals surface area contributed by atoms with Crippen molar-refractivity contribution in [1.29, 1.82) is 0 Å². The van der Waals surface area contributed by atoms with Crippen molar-refractivity contribution in [3.05, 3.63) is 29.8 Å². The van der Waals surface area contributed by atoms with E-state index in [2.05, 4.69) is 33.0 Å². The molecule has 0 spiro atoms. The van der Waals surface area contributed by atoms with Gasteiger partial charge >= 0.3 is 0 Å². The molecule has 2 unspecified atom stereocenters. The van der Waals surface area contributed by atoms with Crippen LogP contribution >= 0.6 is 0 Å². The molecule has 0 fully saturated rings. The van der Waals surface area contributed by atoms with Gasteiger partial charge in [-0.2, -0.15) is 0 Å². The fourth-order valence-electron chi connectivity index (χ4n) is 2.32. The van der Waals surface area contributed by atoms with Crippen LogP contribution in [0.1, 0.15) is 52.0 Å². The lowest BCUT2D eigenvalue weighted by molar-refractivity contribution is -0.122. The maximum absolute atomic E-state index is 11.9. The predicted octanol–water partition coefficient (Wildman–Crippen LogP) is 3.31. The molecule has 106 valence electrons. The van der Waals surface area contributed by atoms with Gasteiger partial charge in [0.25, 0.3) is 0 Å². The number of hydrogen-bond donors (Lipinski definition) is 2. The van der Waals surface area contributed by atoms with E-state index in [1.165, 1.54) is 0 Å². The third kappa shape index (κ3) is 5.77. The number of carbonyl (C=O) groups excluding carboxylic acids is 1. The molecular formula is C16H26N2O. The summed E-state index contributed by atoms with van der Waals surface area (Å²) in [5.41, 5.74) is 7.57. The van der Waals surface area contributed by atoms with Gasteiger partial charge < -0.3 is 11.1 Å². The Hall–Kier alpha value is -1.51. The highest BCUT2D eigenvalue weighted by molar-refractivity contribution is 5.77. The van der Waals surface area contributed by atoms with E-state index in [1.807, 2.05) is 24.3 Å². The van der Waals surface area contributed by atoms with Gasteiger partial charge in [-0.05, 0) is 42.9 Å². The number of anilines is 1. The van der Waals surface area contributed by atoms with Crippen LogP contribution in [-0.4, -0.2) is 11.9 Å². The highest BCUT2D eigenvalue weighted by atomic mass is 16.1. The molecular weight excluding hydrogens is 236 g/mol. The van der Waals surface area contributed by atoms with Crippen LogP contribution in [0.25, 0.3) is 0 Å². The van der Waals surface area contributed by atoms with Crippen LogP contribution in [0.5, 0.6) is 0 Å². The second kappa shape index (κ2) is 7.17. The summed E-state index contributed by atoms with van der Waals surface area (Å²) in [5.74, 6) is 0.939. The Bertz CT molecular complexity index is 398. The van der Waals surface area contributed by atoms with E-state index in [1.54, 1.807) is 0 Å². The maximum atomic E-state index is 11.9. The van der Waals surface area contributed by atoms with Gasteiger partial charge in [0, 0.05) is 18.2 Å². The smallest absolute Gasteiger partial charge is 0.220 e. The highest BCUT2D eigenvalue weighted by Crippen LogP contribution is 2.20. The monoisotopic (exact) mass is 262 g/mol. The molecule has 1 rings (SSSR count). The first kappa shape index (κ1) is 15.5. The first-order chi connectivity index (χ1) is 8.88. The molecule has 3 N–H and O–H groups in total. The SMILES string of the molecule is CC(C)CC(C)NC(=O)CC(C)c1ccc(N)cc1. The fraction of sp³-hybridized carbons (Fsp3) is 0.562. The Kier molecular flexibility index (Phi) is 5.87. The number of nitrogen functional groups attached to an aromatic ring is 1. The second-order valence-electron chi connectivity index (χ2n) is 5.87. The molecule has 1 amide bonds. The van der Waals surface area contributed by atoms with E-state index >= 15 is 0 Å². The lowest BCUT2D eigenvalue weighted by Gasteiger charge is -2.18. The number of benzene rings is 1. The zero-order valence-electron chi connectivity index (χ0n) is 12.4. The Morgan fingerprint density at radius 2 is 1.74 bits per heavy atom. The molecule has 0 aliphatic heterocycles. The molecule has 0 saturated carbocycles. The number of nitrogens with one attached hydrogen (secondary N) is 1. The molecule has 0 radical (unpaired) electrons. The summed E-state index contributed by atoms with van der Waals surface area (Å²) in [4.78, 5) is 11.9. The van der Waals surface area contributed by atoms with Crippen LogP contribution < -0.4 is 11.1 Å². The molecule has 1 aromatic carbocycles. The van der Waals surface area contributed by atoms with Gasteiger partial charge in [-0.1, -0.05) is 32.9 Å². The summed E-state index contributed by atoms with van der Waals surface area (Å²) in [5, 5.41) is 3.06. The first-order valence-corrected chi connectivity index (χ1v) is 7.03. The third-order valence-corrected chi connectivity index (χ3v) is 3.23.